The lowest BCUT2D eigenvalue weighted by Gasteiger charge is -2.33. The molecule has 0 amide bonds. The van der Waals surface area contributed by atoms with Crippen LogP contribution >= 0.6 is 0 Å². The Hall–Kier alpha value is -0.790. The summed E-state index contributed by atoms with van der Waals surface area (Å²) in [4.78, 5) is 13.7. The number of carbonyl (C=O) groups excluding carboxylic acids is 1. The molecule has 14 heavy (non-hydrogen) atoms. The number of nitrogens with zero attached hydrogens (tertiary/aromatic N) is 1. The number of ketones is 1. The van der Waals surface area contributed by atoms with Gasteiger partial charge in [-0.05, 0) is 18.8 Å². The molecular weight excluding hydrogens is 174 g/mol. The van der Waals surface area contributed by atoms with Gasteiger partial charge in [-0.3, -0.25) is 4.79 Å². The standard InChI is InChI=1S/C12H21NO/c1-9(2)12(14)7-11-6-5-10(3)13(4)8-11/h9,11H,3,5-8H2,1-2,4H3. The molecule has 1 atom stereocenters. The van der Waals surface area contributed by atoms with Gasteiger partial charge in [0.15, 0.2) is 0 Å². The van der Waals surface area contributed by atoms with Crippen molar-refractivity contribution < 1.29 is 4.79 Å². The Kier molecular flexibility index (Phi) is 3.73. The number of Topliss-reactive ketones (excluding diaryl/α,β-unsaturated/α-hetero) is 1. The number of allylic oxidation sites excluding steroid dienone is 1. The molecule has 0 radical (unpaired) electrons. The molecule has 1 heterocycles. The zero-order chi connectivity index (χ0) is 10.7. The van der Waals surface area contributed by atoms with Crippen LogP contribution in [0.15, 0.2) is 12.3 Å². The zero-order valence-electron chi connectivity index (χ0n) is 9.55. The predicted molar refractivity (Wildman–Crippen MR) is 59.0 cm³/mol. The summed E-state index contributed by atoms with van der Waals surface area (Å²) in [5, 5.41) is 0. The second-order valence-electron chi connectivity index (χ2n) is 4.68. The molecule has 1 aliphatic heterocycles. The van der Waals surface area contributed by atoms with Gasteiger partial charge in [0.2, 0.25) is 0 Å². The molecule has 1 rings (SSSR count). The van der Waals surface area contributed by atoms with E-state index in [2.05, 4.69) is 18.5 Å². The number of hydrogen-bond acceptors (Lipinski definition) is 2. The Labute approximate surface area is 87.0 Å². The fourth-order valence-electron chi connectivity index (χ4n) is 1.86. The lowest BCUT2D eigenvalue weighted by molar-refractivity contribution is -0.123. The third-order valence-electron chi connectivity index (χ3n) is 3.05. The minimum atomic E-state index is 0.186. The molecule has 80 valence electrons. The van der Waals surface area contributed by atoms with E-state index in [4.69, 9.17) is 0 Å². The Bertz CT molecular complexity index is 232. The van der Waals surface area contributed by atoms with Crippen molar-refractivity contribution in [3.05, 3.63) is 12.3 Å². The SMILES string of the molecule is C=C1CCC(CC(=O)C(C)C)CN1C. The summed E-state index contributed by atoms with van der Waals surface area (Å²) in [6.07, 6.45) is 2.92. The quantitative estimate of drug-likeness (QED) is 0.689. The Morgan fingerprint density at radius 3 is 2.79 bits per heavy atom. The summed E-state index contributed by atoms with van der Waals surface area (Å²) in [5.41, 5.74) is 1.21. The van der Waals surface area contributed by atoms with Crippen LogP contribution < -0.4 is 0 Å². The molecule has 2 heteroatoms. The van der Waals surface area contributed by atoms with Crippen molar-refractivity contribution in [2.75, 3.05) is 13.6 Å². The third kappa shape index (κ3) is 2.86. The second kappa shape index (κ2) is 4.63. The van der Waals surface area contributed by atoms with Crippen LogP contribution in [-0.2, 0) is 4.79 Å². The van der Waals surface area contributed by atoms with Crippen LogP contribution in [0.25, 0.3) is 0 Å². The van der Waals surface area contributed by atoms with Crippen LogP contribution in [0.3, 0.4) is 0 Å². The molecule has 0 aliphatic carbocycles. The average molecular weight is 195 g/mol. The van der Waals surface area contributed by atoms with E-state index in [1.807, 2.05) is 13.8 Å². The largest absolute Gasteiger partial charge is 0.378 e. The maximum Gasteiger partial charge on any atom is 0.135 e. The summed E-state index contributed by atoms with van der Waals surface area (Å²) in [6.45, 7) is 8.94. The van der Waals surface area contributed by atoms with Gasteiger partial charge in [-0.2, -0.15) is 0 Å². The van der Waals surface area contributed by atoms with Crippen molar-refractivity contribution in [1.29, 1.82) is 0 Å². The van der Waals surface area contributed by atoms with Crippen LogP contribution in [0.2, 0.25) is 0 Å². The molecule has 1 unspecified atom stereocenters. The molecule has 0 aromatic heterocycles. The molecule has 0 aromatic carbocycles. The lowest BCUT2D eigenvalue weighted by Crippen LogP contribution is -2.31. The van der Waals surface area contributed by atoms with Crippen molar-refractivity contribution in [3.63, 3.8) is 0 Å². The first-order valence-electron chi connectivity index (χ1n) is 5.42. The van der Waals surface area contributed by atoms with Crippen LogP contribution in [-0.4, -0.2) is 24.3 Å². The highest BCUT2D eigenvalue weighted by atomic mass is 16.1. The van der Waals surface area contributed by atoms with E-state index in [-0.39, 0.29) is 5.92 Å². The molecule has 1 fully saturated rings. The van der Waals surface area contributed by atoms with Gasteiger partial charge in [-0.1, -0.05) is 20.4 Å². The number of rotatable bonds is 3. The Morgan fingerprint density at radius 2 is 2.29 bits per heavy atom. The minimum absolute atomic E-state index is 0.186. The van der Waals surface area contributed by atoms with Crippen molar-refractivity contribution in [2.24, 2.45) is 11.8 Å². The monoisotopic (exact) mass is 195 g/mol. The Balaban J connectivity index is 2.40. The number of piperidine rings is 1. The van der Waals surface area contributed by atoms with Crippen LogP contribution in [0.1, 0.15) is 33.1 Å². The number of hydrogen-bond donors (Lipinski definition) is 0. The third-order valence-corrected chi connectivity index (χ3v) is 3.05. The van der Waals surface area contributed by atoms with Crippen LogP contribution in [0.4, 0.5) is 0 Å². The van der Waals surface area contributed by atoms with Crippen molar-refractivity contribution >= 4 is 5.78 Å². The Morgan fingerprint density at radius 1 is 1.64 bits per heavy atom. The normalized spacial score (nSPS) is 23.0. The zero-order valence-corrected chi connectivity index (χ0v) is 9.55. The predicted octanol–water partition coefficient (Wildman–Crippen LogP) is 2.46. The molecule has 0 saturated carbocycles. The fourth-order valence-corrected chi connectivity index (χ4v) is 1.86. The molecule has 0 N–H and O–H groups in total. The van der Waals surface area contributed by atoms with Gasteiger partial charge in [0.25, 0.3) is 0 Å². The lowest BCUT2D eigenvalue weighted by atomic mass is 9.89. The first kappa shape index (κ1) is 11.3. The summed E-state index contributed by atoms with van der Waals surface area (Å²) in [6, 6.07) is 0. The highest BCUT2D eigenvalue weighted by Gasteiger charge is 2.22. The van der Waals surface area contributed by atoms with Gasteiger partial charge in [0.05, 0.1) is 0 Å². The molecule has 0 bridgehead atoms. The molecule has 0 aromatic rings. The van der Waals surface area contributed by atoms with E-state index in [0.29, 0.717) is 11.7 Å². The van der Waals surface area contributed by atoms with E-state index in [9.17, 15) is 4.79 Å². The molecular formula is C12H21NO. The minimum Gasteiger partial charge on any atom is -0.378 e. The molecule has 0 spiro atoms. The van der Waals surface area contributed by atoms with Gasteiger partial charge >= 0.3 is 0 Å². The number of carbonyl (C=O) groups is 1. The van der Waals surface area contributed by atoms with Crippen molar-refractivity contribution in [2.45, 2.75) is 33.1 Å². The van der Waals surface area contributed by atoms with Crippen LogP contribution in [0, 0.1) is 11.8 Å². The van der Waals surface area contributed by atoms with Crippen molar-refractivity contribution in [1.82, 2.24) is 4.90 Å². The van der Waals surface area contributed by atoms with E-state index in [1.54, 1.807) is 0 Å². The average Bonchev–Trinajstić information content (AvgIpc) is 2.11. The first-order valence-corrected chi connectivity index (χ1v) is 5.42. The van der Waals surface area contributed by atoms with E-state index >= 15 is 0 Å². The van der Waals surface area contributed by atoms with E-state index in [1.165, 1.54) is 5.70 Å². The summed E-state index contributed by atoms with van der Waals surface area (Å²) >= 11 is 0. The fraction of sp³-hybridized carbons (Fsp3) is 0.750. The van der Waals surface area contributed by atoms with Crippen molar-refractivity contribution in [3.8, 4) is 0 Å². The maximum absolute atomic E-state index is 11.6. The highest BCUT2D eigenvalue weighted by Crippen LogP contribution is 2.25. The highest BCUT2D eigenvalue weighted by molar-refractivity contribution is 5.80. The smallest absolute Gasteiger partial charge is 0.135 e. The molecule has 1 aliphatic rings. The van der Waals surface area contributed by atoms with E-state index in [0.717, 1.165) is 25.8 Å². The maximum atomic E-state index is 11.6. The van der Waals surface area contributed by atoms with Gasteiger partial charge in [0, 0.05) is 31.6 Å². The molecule has 2 nitrogen and oxygen atoms in total. The van der Waals surface area contributed by atoms with E-state index < -0.39 is 0 Å². The van der Waals surface area contributed by atoms with Gasteiger partial charge in [0.1, 0.15) is 5.78 Å². The van der Waals surface area contributed by atoms with Gasteiger partial charge in [-0.25, -0.2) is 0 Å². The second-order valence-corrected chi connectivity index (χ2v) is 4.68. The number of likely N-dealkylation sites (tertiary alicyclic amines) is 1. The topological polar surface area (TPSA) is 20.3 Å². The molecule has 1 saturated heterocycles. The van der Waals surface area contributed by atoms with Gasteiger partial charge in [-0.15, -0.1) is 0 Å². The van der Waals surface area contributed by atoms with Crippen LogP contribution in [0.5, 0.6) is 0 Å². The summed E-state index contributed by atoms with van der Waals surface area (Å²) < 4.78 is 0. The first-order chi connectivity index (χ1) is 6.50. The van der Waals surface area contributed by atoms with Gasteiger partial charge < -0.3 is 4.90 Å². The summed E-state index contributed by atoms with van der Waals surface area (Å²) in [5.74, 6) is 1.13. The summed E-state index contributed by atoms with van der Waals surface area (Å²) in [7, 11) is 2.06.